The van der Waals surface area contributed by atoms with E-state index in [1.54, 1.807) is 0 Å². The molecule has 0 radical (unpaired) electrons. The van der Waals surface area contributed by atoms with E-state index in [4.69, 9.17) is 16.3 Å². The van der Waals surface area contributed by atoms with Gasteiger partial charge < -0.3 is 15.0 Å². The average Bonchev–Trinajstić information content (AvgIpc) is 2.88. The lowest BCUT2D eigenvalue weighted by Gasteiger charge is -2.15. The zero-order valence-corrected chi connectivity index (χ0v) is 13.8. The van der Waals surface area contributed by atoms with Gasteiger partial charge in [-0.25, -0.2) is 0 Å². The molecule has 1 aliphatic heterocycles. The Balaban J connectivity index is 1.52. The predicted octanol–water partition coefficient (Wildman–Crippen LogP) is 3.94. The summed E-state index contributed by atoms with van der Waals surface area (Å²) in [5.41, 5.74) is 2.58. The van der Waals surface area contributed by atoms with E-state index in [1.807, 2.05) is 48.5 Å². The number of rotatable bonds is 2. The molecule has 4 rings (SSSR count). The lowest BCUT2D eigenvalue weighted by atomic mass is 10.0. The average molecular weight is 341 g/mol. The van der Waals surface area contributed by atoms with Gasteiger partial charge in [-0.15, -0.1) is 0 Å². The van der Waals surface area contributed by atoms with Gasteiger partial charge in [0.25, 0.3) is 5.91 Å². The molecule has 0 saturated heterocycles. The van der Waals surface area contributed by atoms with Crippen LogP contribution in [0.1, 0.15) is 22.5 Å². The number of fused-ring (bicyclic) bond motifs is 2. The molecule has 0 aliphatic carbocycles. The fraction of sp³-hybridized carbons (Fsp3) is 0.211. The van der Waals surface area contributed by atoms with Gasteiger partial charge in [0.15, 0.2) is 0 Å². The van der Waals surface area contributed by atoms with E-state index in [9.17, 15) is 4.79 Å². The summed E-state index contributed by atoms with van der Waals surface area (Å²) in [7, 11) is 0. The maximum atomic E-state index is 12.6. The third-order valence-corrected chi connectivity index (χ3v) is 4.56. The van der Waals surface area contributed by atoms with E-state index in [0.717, 1.165) is 35.1 Å². The topological polar surface area (TPSA) is 54.1 Å². The normalized spacial score (nSPS) is 17.0. The van der Waals surface area contributed by atoms with Crippen LogP contribution in [0.5, 0.6) is 5.75 Å². The van der Waals surface area contributed by atoms with Crippen molar-refractivity contribution in [2.45, 2.75) is 18.9 Å². The molecule has 2 heterocycles. The number of hydrogen-bond acceptors (Lipinski definition) is 2. The van der Waals surface area contributed by atoms with Gasteiger partial charge in [0.1, 0.15) is 11.4 Å². The molecule has 122 valence electrons. The second-order valence-electron chi connectivity index (χ2n) is 6.03. The van der Waals surface area contributed by atoms with Crippen molar-refractivity contribution in [3.8, 4) is 5.75 Å². The minimum atomic E-state index is -0.105. The molecule has 2 N–H and O–H groups in total. The number of para-hydroxylation sites is 1. The van der Waals surface area contributed by atoms with Crippen LogP contribution in [0.25, 0.3) is 10.9 Å². The van der Waals surface area contributed by atoms with Crippen molar-refractivity contribution in [1.82, 2.24) is 10.3 Å². The number of benzene rings is 2. The molecule has 0 saturated carbocycles. The number of halogens is 1. The quantitative estimate of drug-likeness (QED) is 0.742. The number of carbonyl (C=O) groups is 1. The summed E-state index contributed by atoms with van der Waals surface area (Å²) in [4.78, 5) is 15.7. The SMILES string of the molecule is O=C(NC1CCOc2ccccc2C1)c1cc2cc(Cl)ccc2[nH]1. The number of ether oxygens (including phenoxy) is 1. The Morgan fingerprint density at radius 1 is 1.21 bits per heavy atom. The Morgan fingerprint density at radius 2 is 2.08 bits per heavy atom. The van der Waals surface area contributed by atoms with E-state index in [1.165, 1.54) is 0 Å². The highest BCUT2D eigenvalue weighted by Gasteiger charge is 2.20. The number of H-pyrrole nitrogens is 1. The van der Waals surface area contributed by atoms with Gasteiger partial charge in [-0.2, -0.15) is 0 Å². The summed E-state index contributed by atoms with van der Waals surface area (Å²) < 4.78 is 5.75. The first-order chi connectivity index (χ1) is 11.7. The first-order valence-corrected chi connectivity index (χ1v) is 8.37. The van der Waals surface area contributed by atoms with E-state index < -0.39 is 0 Å². The standard InChI is InChI=1S/C19H17ClN2O2/c20-14-5-6-16-13(9-14)11-17(22-16)19(23)21-15-7-8-24-18-4-2-1-3-12(18)10-15/h1-6,9,11,15,22H,7-8,10H2,(H,21,23). The van der Waals surface area contributed by atoms with E-state index >= 15 is 0 Å². The van der Waals surface area contributed by atoms with Crippen LogP contribution in [0, 0.1) is 0 Å². The van der Waals surface area contributed by atoms with Gasteiger partial charge in [0.05, 0.1) is 6.61 Å². The molecule has 5 heteroatoms. The van der Waals surface area contributed by atoms with E-state index in [0.29, 0.717) is 17.3 Å². The molecule has 1 amide bonds. The van der Waals surface area contributed by atoms with Gasteiger partial charge in [0.2, 0.25) is 0 Å². The molecule has 0 bridgehead atoms. The summed E-state index contributed by atoms with van der Waals surface area (Å²) >= 11 is 6.00. The molecule has 1 atom stereocenters. The highest BCUT2D eigenvalue weighted by atomic mass is 35.5. The largest absolute Gasteiger partial charge is 0.493 e. The lowest BCUT2D eigenvalue weighted by Crippen LogP contribution is -2.36. The predicted molar refractivity (Wildman–Crippen MR) is 94.8 cm³/mol. The second-order valence-corrected chi connectivity index (χ2v) is 6.47. The molecule has 1 aliphatic rings. The molecule has 0 fully saturated rings. The van der Waals surface area contributed by atoms with Crippen molar-refractivity contribution in [2.24, 2.45) is 0 Å². The summed E-state index contributed by atoms with van der Waals surface area (Å²) in [5, 5.41) is 4.70. The number of nitrogens with one attached hydrogen (secondary N) is 2. The minimum Gasteiger partial charge on any atom is -0.493 e. The van der Waals surface area contributed by atoms with Gasteiger partial charge in [-0.05, 0) is 42.3 Å². The molecule has 3 aromatic rings. The summed E-state index contributed by atoms with van der Waals surface area (Å²) in [6, 6.07) is 15.4. The Hall–Kier alpha value is -2.46. The monoisotopic (exact) mass is 340 g/mol. The first kappa shape index (κ1) is 15.1. The fourth-order valence-electron chi connectivity index (χ4n) is 3.10. The smallest absolute Gasteiger partial charge is 0.267 e. The number of aromatic nitrogens is 1. The summed E-state index contributed by atoms with van der Waals surface area (Å²) in [6.45, 7) is 0.601. The highest BCUT2D eigenvalue weighted by Crippen LogP contribution is 2.24. The van der Waals surface area contributed by atoms with E-state index in [-0.39, 0.29) is 11.9 Å². The van der Waals surface area contributed by atoms with Crippen LogP contribution < -0.4 is 10.1 Å². The van der Waals surface area contributed by atoms with Crippen LogP contribution in [-0.2, 0) is 6.42 Å². The first-order valence-electron chi connectivity index (χ1n) is 7.99. The van der Waals surface area contributed by atoms with Gasteiger partial charge in [0, 0.05) is 28.4 Å². The van der Waals surface area contributed by atoms with Crippen LogP contribution in [0.2, 0.25) is 5.02 Å². The second kappa shape index (κ2) is 6.21. The van der Waals surface area contributed by atoms with Crippen molar-refractivity contribution in [2.75, 3.05) is 6.61 Å². The number of aromatic amines is 1. The van der Waals surface area contributed by atoms with Crippen molar-refractivity contribution < 1.29 is 9.53 Å². The molecule has 4 nitrogen and oxygen atoms in total. The van der Waals surface area contributed by atoms with Crippen molar-refractivity contribution in [3.63, 3.8) is 0 Å². The number of hydrogen-bond donors (Lipinski definition) is 2. The van der Waals surface area contributed by atoms with Crippen molar-refractivity contribution in [3.05, 3.63) is 64.8 Å². The van der Waals surface area contributed by atoms with Crippen LogP contribution in [0.15, 0.2) is 48.5 Å². The molecular weight excluding hydrogens is 324 g/mol. The van der Waals surface area contributed by atoms with Crippen LogP contribution in [0.3, 0.4) is 0 Å². The fourth-order valence-corrected chi connectivity index (χ4v) is 3.28. The molecule has 1 aromatic heterocycles. The van der Waals surface area contributed by atoms with Gasteiger partial charge in [-0.3, -0.25) is 4.79 Å². The molecule has 2 aromatic carbocycles. The third-order valence-electron chi connectivity index (χ3n) is 4.33. The van der Waals surface area contributed by atoms with Crippen LogP contribution in [0.4, 0.5) is 0 Å². The molecule has 0 spiro atoms. The van der Waals surface area contributed by atoms with E-state index in [2.05, 4.69) is 10.3 Å². The number of amides is 1. The Kier molecular flexibility index (Phi) is 3.90. The Bertz CT molecular complexity index is 903. The van der Waals surface area contributed by atoms with Gasteiger partial charge >= 0.3 is 0 Å². The summed E-state index contributed by atoms with van der Waals surface area (Å²) in [5.74, 6) is 0.807. The van der Waals surface area contributed by atoms with Crippen molar-refractivity contribution >= 4 is 28.4 Å². The van der Waals surface area contributed by atoms with Gasteiger partial charge in [-0.1, -0.05) is 29.8 Å². The molecular formula is C19H17ClN2O2. The maximum absolute atomic E-state index is 12.6. The maximum Gasteiger partial charge on any atom is 0.267 e. The van der Waals surface area contributed by atoms with Crippen LogP contribution in [-0.4, -0.2) is 23.5 Å². The Morgan fingerprint density at radius 3 is 3.00 bits per heavy atom. The third kappa shape index (κ3) is 2.97. The highest BCUT2D eigenvalue weighted by molar-refractivity contribution is 6.31. The molecule has 24 heavy (non-hydrogen) atoms. The zero-order chi connectivity index (χ0) is 16.5. The molecule has 1 unspecified atom stereocenters. The van der Waals surface area contributed by atoms with Crippen molar-refractivity contribution in [1.29, 1.82) is 0 Å². The Labute approximate surface area is 144 Å². The minimum absolute atomic E-state index is 0.0520. The lowest BCUT2D eigenvalue weighted by molar-refractivity contribution is 0.0929. The zero-order valence-electron chi connectivity index (χ0n) is 13.0. The van der Waals surface area contributed by atoms with Crippen LogP contribution >= 0.6 is 11.6 Å². The number of carbonyl (C=O) groups excluding carboxylic acids is 1. The summed E-state index contributed by atoms with van der Waals surface area (Å²) in [6.07, 6.45) is 1.56.